The van der Waals surface area contributed by atoms with Gasteiger partial charge in [-0.05, 0) is 69.9 Å². The van der Waals surface area contributed by atoms with E-state index < -0.39 is 29.7 Å². The molecule has 0 spiro atoms. The Morgan fingerprint density at radius 1 is 0.939 bits per heavy atom. The van der Waals surface area contributed by atoms with Gasteiger partial charge in [-0.25, -0.2) is 14.8 Å². The second-order valence-corrected chi connectivity index (χ2v) is 13.9. The molecular formula is C36H48N6O7. The summed E-state index contributed by atoms with van der Waals surface area (Å²) >= 11 is 0. The van der Waals surface area contributed by atoms with Gasteiger partial charge in [0.05, 0.1) is 11.1 Å². The van der Waals surface area contributed by atoms with Crippen molar-refractivity contribution in [1.82, 2.24) is 24.7 Å². The first kappa shape index (κ1) is 36.9. The highest BCUT2D eigenvalue weighted by Crippen LogP contribution is 2.32. The zero-order chi connectivity index (χ0) is 36.0. The van der Waals surface area contributed by atoms with E-state index in [0.29, 0.717) is 49.8 Å². The third kappa shape index (κ3) is 9.80. The van der Waals surface area contributed by atoms with E-state index in [2.05, 4.69) is 4.90 Å². The summed E-state index contributed by atoms with van der Waals surface area (Å²) in [6.07, 6.45) is -1.34. The van der Waals surface area contributed by atoms with Crippen LogP contribution in [0, 0.1) is 12.8 Å². The quantitative estimate of drug-likeness (QED) is 0.310. The van der Waals surface area contributed by atoms with Crippen LogP contribution in [0.4, 0.5) is 10.6 Å². The summed E-state index contributed by atoms with van der Waals surface area (Å²) in [4.78, 5) is 67.4. The Labute approximate surface area is 287 Å². The van der Waals surface area contributed by atoms with Gasteiger partial charge < -0.3 is 34.2 Å². The van der Waals surface area contributed by atoms with Gasteiger partial charge in [0.15, 0.2) is 11.9 Å². The lowest BCUT2D eigenvalue weighted by atomic mass is 10.0. The van der Waals surface area contributed by atoms with Gasteiger partial charge in [0, 0.05) is 45.7 Å². The number of rotatable bonds is 10. The summed E-state index contributed by atoms with van der Waals surface area (Å²) in [5.41, 5.74) is 1.62. The number of aromatic nitrogens is 2. The van der Waals surface area contributed by atoms with Gasteiger partial charge in [-0.3, -0.25) is 14.4 Å². The van der Waals surface area contributed by atoms with E-state index in [1.807, 2.05) is 45.0 Å². The minimum absolute atomic E-state index is 0.0635. The number of fused-ring (bicyclic) bond motifs is 1. The summed E-state index contributed by atoms with van der Waals surface area (Å²) in [5, 5.41) is 11.4. The molecule has 0 radical (unpaired) electrons. The standard InChI is InChI=1S/C36H48N6O7/c1-23(2)19-29(48-31(45)22-39(7)30(44)21-40(8)35(47)49-36(4,5)6)34(46)42-17-15-41(16-18-42)33-25-14-13-24(3)20-27(25)37-32(38-33)26-11-9-10-12-28(26)43/h9-14,20,23,29,43H,15-19,21-22H2,1-8H3/t29-/m1/s1. The Balaban J connectivity index is 1.41. The van der Waals surface area contributed by atoms with E-state index in [1.165, 1.54) is 14.1 Å². The molecule has 3 aromatic rings. The number of amides is 3. The van der Waals surface area contributed by atoms with E-state index in [9.17, 15) is 24.3 Å². The Hall–Kier alpha value is -4.94. The third-order valence-electron chi connectivity index (χ3n) is 7.97. The predicted molar refractivity (Wildman–Crippen MR) is 186 cm³/mol. The van der Waals surface area contributed by atoms with Crippen LogP contribution in [-0.4, -0.2) is 119 Å². The van der Waals surface area contributed by atoms with E-state index in [1.54, 1.807) is 43.9 Å². The first-order chi connectivity index (χ1) is 23.0. The van der Waals surface area contributed by atoms with Gasteiger partial charge in [0.2, 0.25) is 5.91 Å². The molecule has 13 nitrogen and oxygen atoms in total. The number of phenolic OH excluding ortho intramolecular Hbond substituents is 1. The molecule has 0 bridgehead atoms. The molecule has 49 heavy (non-hydrogen) atoms. The first-order valence-electron chi connectivity index (χ1n) is 16.5. The fourth-order valence-electron chi connectivity index (χ4n) is 5.42. The topological polar surface area (TPSA) is 146 Å². The molecule has 1 N–H and O–H groups in total. The van der Waals surface area contributed by atoms with E-state index in [-0.39, 0.29) is 30.7 Å². The number of nitrogens with zero attached hydrogens (tertiary/aromatic N) is 6. The molecule has 0 aliphatic carbocycles. The second-order valence-electron chi connectivity index (χ2n) is 13.9. The number of esters is 1. The van der Waals surface area contributed by atoms with E-state index >= 15 is 0 Å². The van der Waals surface area contributed by atoms with Crippen molar-refractivity contribution in [2.45, 2.75) is 59.7 Å². The molecule has 1 aliphatic heterocycles. The number of aromatic hydroxyl groups is 1. The van der Waals surface area contributed by atoms with Gasteiger partial charge in [-0.1, -0.05) is 32.0 Å². The molecule has 3 amide bonds. The fourth-order valence-corrected chi connectivity index (χ4v) is 5.42. The molecule has 1 saturated heterocycles. The molecule has 1 atom stereocenters. The van der Waals surface area contributed by atoms with Crippen LogP contribution in [0.3, 0.4) is 0 Å². The number of benzene rings is 2. The molecule has 2 aromatic carbocycles. The second kappa shape index (κ2) is 15.5. The minimum Gasteiger partial charge on any atom is -0.507 e. The number of anilines is 1. The maximum absolute atomic E-state index is 13.7. The Kier molecular flexibility index (Phi) is 11.7. The van der Waals surface area contributed by atoms with Gasteiger partial charge in [0.25, 0.3) is 5.91 Å². The molecule has 4 rings (SSSR count). The minimum atomic E-state index is -1.01. The van der Waals surface area contributed by atoms with Crippen LogP contribution in [-0.2, 0) is 23.9 Å². The maximum Gasteiger partial charge on any atom is 0.410 e. The van der Waals surface area contributed by atoms with Gasteiger partial charge in [-0.15, -0.1) is 0 Å². The van der Waals surface area contributed by atoms with Gasteiger partial charge in [-0.2, -0.15) is 0 Å². The molecule has 0 unspecified atom stereocenters. The average molecular weight is 677 g/mol. The summed E-state index contributed by atoms with van der Waals surface area (Å²) in [5.74, 6) is -0.213. The number of aryl methyl sites for hydroxylation is 1. The molecule has 1 aliphatic rings. The van der Waals surface area contributed by atoms with Crippen molar-refractivity contribution >= 4 is 40.6 Å². The number of hydrogen-bond donors (Lipinski definition) is 1. The Morgan fingerprint density at radius 2 is 1.61 bits per heavy atom. The predicted octanol–water partition coefficient (Wildman–Crippen LogP) is 4.24. The third-order valence-corrected chi connectivity index (χ3v) is 7.97. The highest BCUT2D eigenvalue weighted by atomic mass is 16.6. The van der Waals surface area contributed by atoms with Crippen LogP contribution in [0.25, 0.3) is 22.3 Å². The maximum atomic E-state index is 13.7. The summed E-state index contributed by atoms with van der Waals surface area (Å²) in [7, 11) is 2.88. The van der Waals surface area contributed by atoms with Crippen LogP contribution in [0.2, 0.25) is 0 Å². The first-order valence-corrected chi connectivity index (χ1v) is 16.5. The van der Waals surface area contributed by atoms with Crippen molar-refractivity contribution in [3.8, 4) is 17.1 Å². The van der Waals surface area contributed by atoms with Crippen molar-refractivity contribution in [3.05, 3.63) is 48.0 Å². The highest BCUT2D eigenvalue weighted by Gasteiger charge is 2.32. The Morgan fingerprint density at radius 3 is 2.24 bits per heavy atom. The fraction of sp³-hybridized carbons (Fsp3) is 0.500. The summed E-state index contributed by atoms with van der Waals surface area (Å²) < 4.78 is 11.0. The molecule has 0 saturated carbocycles. The molecular weight excluding hydrogens is 628 g/mol. The van der Waals surface area contributed by atoms with Crippen molar-refractivity contribution in [2.24, 2.45) is 5.92 Å². The molecule has 1 aromatic heterocycles. The van der Waals surface area contributed by atoms with E-state index in [0.717, 1.165) is 26.3 Å². The van der Waals surface area contributed by atoms with Crippen LogP contribution in [0.1, 0.15) is 46.6 Å². The molecule has 264 valence electrons. The van der Waals surface area contributed by atoms with Crippen LogP contribution < -0.4 is 4.90 Å². The van der Waals surface area contributed by atoms with Crippen molar-refractivity contribution in [1.29, 1.82) is 0 Å². The van der Waals surface area contributed by atoms with Crippen LogP contribution >= 0.6 is 0 Å². The number of phenols is 1. The lowest BCUT2D eigenvalue weighted by Gasteiger charge is -2.37. The highest BCUT2D eigenvalue weighted by molar-refractivity contribution is 5.92. The van der Waals surface area contributed by atoms with Crippen molar-refractivity contribution in [2.75, 3.05) is 58.3 Å². The number of piperazine rings is 1. The van der Waals surface area contributed by atoms with Gasteiger partial charge in [0.1, 0.15) is 30.3 Å². The SMILES string of the molecule is Cc1ccc2c(N3CCN(C(=O)[C@@H](CC(C)C)OC(=O)CN(C)C(=O)CN(C)C(=O)OC(C)(C)C)CC3)nc(-c3ccccc3O)nc2c1. The lowest BCUT2D eigenvalue weighted by molar-refractivity contribution is -0.163. The van der Waals surface area contributed by atoms with Gasteiger partial charge >= 0.3 is 12.1 Å². The zero-order valence-corrected chi connectivity index (χ0v) is 29.7. The smallest absolute Gasteiger partial charge is 0.410 e. The number of ether oxygens (including phenoxy) is 2. The number of carbonyl (C=O) groups is 4. The van der Waals surface area contributed by atoms with Crippen LogP contribution in [0.15, 0.2) is 42.5 Å². The lowest BCUT2D eigenvalue weighted by Crippen LogP contribution is -2.53. The average Bonchev–Trinajstić information content (AvgIpc) is 3.02. The van der Waals surface area contributed by atoms with Crippen molar-refractivity contribution in [3.63, 3.8) is 0 Å². The zero-order valence-electron chi connectivity index (χ0n) is 29.7. The number of hydrogen-bond acceptors (Lipinski definition) is 10. The number of para-hydroxylation sites is 1. The number of carbonyl (C=O) groups excluding carboxylic acids is 4. The molecule has 13 heteroatoms. The monoisotopic (exact) mass is 676 g/mol. The summed E-state index contributed by atoms with van der Waals surface area (Å²) in [6.45, 7) is 12.1. The summed E-state index contributed by atoms with van der Waals surface area (Å²) in [6, 6.07) is 12.9. The number of likely N-dealkylation sites (N-methyl/N-ethyl adjacent to an activating group) is 2. The Bertz CT molecular complexity index is 1680. The normalized spacial score (nSPS) is 14.1. The molecule has 2 heterocycles. The molecule has 1 fully saturated rings. The largest absolute Gasteiger partial charge is 0.507 e. The van der Waals surface area contributed by atoms with Crippen molar-refractivity contribution < 1.29 is 33.8 Å². The van der Waals surface area contributed by atoms with Crippen LogP contribution in [0.5, 0.6) is 5.75 Å². The van der Waals surface area contributed by atoms with E-state index in [4.69, 9.17) is 19.4 Å².